The average Bonchev–Trinajstić information content (AvgIpc) is 2.46. The van der Waals surface area contributed by atoms with Gasteiger partial charge < -0.3 is 4.90 Å². The highest BCUT2D eigenvalue weighted by molar-refractivity contribution is 6.18. The number of rotatable bonds is 5. The maximum Gasteiger partial charge on any atom is 0.226 e. The molecule has 3 heteroatoms. The van der Waals surface area contributed by atoms with Crippen LogP contribution in [0, 0.1) is 5.92 Å². The predicted molar refractivity (Wildman–Crippen MR) is 79.5 cm³/mol. The Kier molecular flexibility index (Phi) is 5.26. The highest BCUT2D eigenvalue weighted by Crippen LogP contribution is 2.26. The van der Waals surface area contributed by atoms with Crippen LogP contribution >= 0.6 is 11.6 Å². The van der Waals surface area contributed by atoms with Gasteiger partial charge in [-0.15, -0.1) is 11.6 Å². The summed E-state index contributed by atoms with van der Waals surface area (Å²) in [4.78, 5) is 14.5. The van der Waals surface area contributed by atoms with Crippen LogP contribution in [0.2, 0.25) is 0 Å². The van der Waals surface area contributed by atoms with Crippen molar-refractivity contribution in [3.05, 3.63) is 35.4 Å². The van der Waals surface area contributed by atoms with E-state index in [0.717, 1.165) is 32.2 Å². The third kappa shape index (κ3) is 3.50. The zero-order chi connectivity index (χ0) is 13.7. The maximum atomic E-state index is 12.6. The highest BCUT2D eigenvalue weighted by Gasteiger charge is 2.27. The first-order valence-corrected chi connectivity index (χ1v) is 7.71. The van der Waals surface area contributed by atoms with Crippen LogP contribution < -0.4 is 0 Å². The molecular formula is C16H22ClNO. The number of carbonyl (C=O) groups excluding carboxylic acids is 1. The van der Waals surface area contributed by atoms with Crippen molar-refractivity contribution in [3.63, 3.8) is 0 Å². The Balaban J connectivity index is 2.04. The number of halogens is 1. The molecule has 0 saturated heterocycles. The molecule has 0 fully saturated rings. The molecule has 1 aromatic carbocycles. The van der Waals surface area contributed by atoms with Gasteiger partial charge in [-0.1, -0.05) is 31.2 Å². The van der Waals surface area contributed by atoms with Crippen LogP contribution in [0.15, 0.2) is 24.3 Å². The fourth-order valence-electron chi connectivity index (χ4n) is 2.87. The molecule has 0 aromatic heterocycles. The smallest absolute Gasteiger partial charge is 0.226 e. The van der Waals surface area contributed by atoms with Gasteiger partial charge in [-0.3, -0.25) is 4.79 Å². The van der Waals surface area contributed by atoms with E-state index in [1.165, 1.54) is 11.1 Å². The summed E-state index contributed by atoms with van der Waals surface area (Å²) < 4.78 is 0. The standard InChI is InChI=1S/C16H22ClNO/c1-2-10-18(11-9-17)16(19)15-8-7-13-5-3-4-6-14(13)12-15/h3-6,15H,2,7-12H2,1H3. The van der Waals surface area contributed by atoms with E-state index in [4.69, 9.17) is 11.6 Å². The molecule has 0 spiro atoms. The Morgan fingerprint density at radius 2 is 2.05 bits per heavy atom. The van der Waals surface area contributed by atoms with Gasteiger partial charge in [-0.2, -0.15) is 0 Å². The van der Waals surface area contributed by atoms with Crippen LogP contribution in [0.3, 0.4) is 0 Å². The molecule has 0 saturated carbocycles. The molecule has 0 bridgehead atoms. The lowest BCUT2D eigenvalue weighted by Crippen LogP contribution is -2.40. The van der Waals surface area contributed by atoms with E-state index in [0.29, 0.717) is 12.4 Å². The number of hydrogen-bond donors (Lipinski definition) is 0. The molecule has 0 radical (unpaired) electrons. The first-order valence-electron chi connectivity index (χ1n) is 7.17. The quantitative estimate of drug-likeness (QED) is 0.758. The monoisotopic (exact) mass is 279 g/mol. The van der Waals surface area contributed by atoms with Gasteiger partial charge in [-0.05, 0) is 36.8 Å². The molecule has 1 aliphatic carbocycles. The van der Waals surface area contributed by atoms with E-state index in [1.54, 1.807) is 0 Å². The first kappa shape index (κ1) is 14.4. The van der Waals surface area contributed by atoms with Gasteiger partial charge in [0.15, 0.2) is 0 Å². The number of hydrogen-bond acceptors (Lipinski definition) is 1. The first-order chi connectivity index (χ1) is 9.26. The minimum absolute atomic E-state index is 0.143. The Hall–Kier alpha value is -1.02. The van der Waals surface area contributed by atoms with Gasteiger partial charge >= 0.3 is 0 Å². The molecule has 1 atom stereocenters. The van der Waals surface area contributed by atoms with Crippen molar-refractivity contribution >= 4 is 17.5 Å². The number of nitrogens with zero attached hydrogens (tertiary/aromatic N) is 1. The topological polar surface area (TPSA) is 20.3 Å². The fourth-order valence-corrected chi connectivity index (χ4v) is 3.07. The number of carbonyl (C=O) groups is 1. The van der Waals surface area contributed by atoms with Crippen LogP contribution in [0.5, 0.6) is 0 Å². The molecule has 19 heavy (non-hydrogen) atoms. The van der Waals surface area contributed by atoms with E-state index >= 15 is 0 Å². The Morgan fingerprint density at radius 3 is 2.74 bits per heavy atom. The molecule has 1 amide bonds. The van der Waals surface area contributed by atoms with Gasteiger partial charge in [0.1, 0.15) is 0 Å². The third-order valence-electron chi connectivity index (χ3n) is 3.86. The van der Waals surface area contributed by atoms with Crippen LogP contribution in [-0.2, 0) is 17.6 Å². The molecule has 0 heterocycles. The Morgan fingerprint density at radius 1 is 1.32 bits per heavy atom. The summed E-state index contributed by atoms with van der Waals surface area (Å²) >= 11 is 5.80. The van der Waals surface area contributed by atoms with E-state index in [-0.39, 0.29) is 11.8 Å². The van der Waals surface area contributed by atoms with Crippen molar-refractivity contribution < 1.29 is 4.79 Å². The summed E-state index contributed by atoms with van der Waals surface area (Å²) in [6, 6.07) is 8.48. The van der Waals surface area contributed by atoms with Gasteiger partial charge in [0.25, 0.3) is 0 Å². The normalized spacial score (nSPS) is 17.9. The third-order valence-corrected chi connectivity index (χ3v) is 4.02. The zero-order valence-corrected chi connectivity index (χ0v) is 12.3. The van der Waals surface area contributed by atoms with Crippen LogP contribution in [0.1, 0.15) is 30.9 Å². The predicted octanol–water partition coefficient (Wildman–Crippen LogP) is 3.27. The van der Waals surface area contributed by atoms with E-state index in [2.05, 4.69) is 31.2 Å². The van der Waals surface area contributed by atoms with E-state index < -0.39 is 0 Å². The van der Waals surface area contributed by atoms with Crippen LogP contribution in [-0.4, -0.2) is 29.8 Å². The number of benzene rings is 1. The van der Waals surface area contributed by atoms with Crippen molar-refractivity contribution in [1.82, 2.24) is 4.90 Å². The van der Waals surface area contributed by atoms with E-state index in [1.807, 2.05) is 4.90 Å². The van der Waals surface area contributed by atoms with Gasteiger partial charge in [0, 0.05) is 24.9 Å². The summed E-state index contributed by atoms with van der Waals surface area (Å²) in [5, 5.41) is 0. The Bertz CT molecular complexity index is 427. The zero-order valence-electron chi connectivity index (χ0n) is 11.6. The summed E-state index contributed by atoms with van der Waals surface area (Å²) in [6.07, 6.45) is 3.87. The molecular weight excluding hydrogens is 258 g/mol. The molecule has 2 rings (SSSR count). The maximum absolute atomic E-state index is 12.6. The average molecular weight is 280 g/mol. The lowest BCUT2D eigenvalue weighted by molar-refractivity contribution is -0.135. The fraction of sp³-hybridized carbons (Fsp3) is 0.562. The molecule has 1 aromatic rings. The molecule has 104 valence electrons. The van der Waals surface area contributed by atoms with Gasteiger partial charge in [0.2, 0.25) is 5.91 Å². The van der Waals surface area contributed by atoms with E-state index in [9.17, 15) is 4.79 Å². The lowest BCUT2D eigenvalue weighted by atomic mass is 9.83. The van der Waals surface area contributed by atoms with Crippen molar-refractivity contribution in [2.75, 3.05) is 19.0 Å². The highest BCUT2D eigenvalue weighted by atomic mass is 35.5. The van der Waals surface area contributed by atoms with Crippen molar-refractivity contribution in [2.24, 2.45) is 5.92 Å². The number of fused-ring (bicyclic) bond motifs is 1. The second-order valence-corrected chi connectivity index (χ2v) is 5.60. The van der Waals surface area contributed by atoms with Crippen LogP contribution in [0.4, 0.5) is 0 Å². The molecule has 1 unspecified atom stereocenters. The number of aryl methyl sites for hydroxylation is 1. The summed E-state index contributed by atoms with van der Waals surface area (Å²) in [5.41, 5.74) is 2.75. The minimum atomic E-state index is 0.143. The van der Waals surface area contributed by atoms with Gasteiger partial charge in [-0.25, -0.2) is 0 Å². The summed E-state index contributed by atoms with van der Waals surface area (Å²) in [6.45, 7) is 3.60. The number of alkyl halides is 1. The second kappa shape index (κ2) is 6.95. The molecule has 0 aliphatic heterocycles. The summed E-state index contributed by atoms with van der Waals surface area (Å²) in [5.74, 6) is 0.955. The van der Waals surface area contributed by atoms with Gasteiger partial charge in [0.05, 0.1) is 0 Å². The van der Waals surface area contributed by atoms with Crippen molar-refractivity contribution in [2.45, 2.75) is 32.6 Å². The molecule has 1 aliphatic rings. The SMILES string of the molecule is CCCN(CCCl)C(=O)C1CCc2ccccc2C1. The van der Waals surface area contributed by atoms with Crippen molar-refractivity contribution in [3.8, 4) is 0 Å². The lowest BCUT2D eigenvalue weighted by Gasteiger charge is -2.29. The largest absolute Gasteiger partial charge is 0.341 e. The molecule has 0 N–H and O–H groups in total. The minimum Gasteiger partial charge on any atom is -0.341 e. The van der Waals surface area contributed by atoms with Crippen molar-refractivity contribution in [1.29, 1.82) is 0 Å². The van der Waals surface area contributed by atoms with Crippen LogP contribution in [0.25, 0.3) is 0 Å². The molecule has 2 nitrogen and oxygen atoms in total. The Labute approximate surface area is 120 Å². The second-order valence-electron chi connectivity index (χ2n) is 5.22. The summed E-state index contributed by atoms with van der Waals surface area (Å²) in [7, 11) is 0. The number of amides is 1.